The highest BCUT2D eigenvalue weighted by Crippen LogP contribution is 2.30. The zero-order chi connectivity index (χ0) is 27.2. The van der Waals surface area contributed by atoms with Gasteiger partial charge < -0.3 is 19.5 Å². The summed E-state index contributed by atoms with van der Waals surface area (Å²) >= 11 is 5.37. The molecule has 0 saturated carbocycles. The number of nitrogens with one attached hydrogen (secondary N) is 3. The van der Waals surface area contributed by atoms with Crippen LogP contribution in [0, 0.1) is 11.8 Å². The van der Waals surface area contributed by atoms with Crippen molar-refractivity contribution in [2.45, 2.75) is 19.9 Å². The largest absolute Gasteiger partial charge is 0.489 e. The summed E-state index contributed by atoms with van der Waals surface area (Å²) < 4.78 is 16.9. The molecule has 1 aliphatic rings. The minimum atomic E-state index is -0.421. The maximum atomic E-state index is 13.1. The molecule has 38 heavy (non-hydrogen) atoms. The number of nitrogens with zero attached hydrogens (tertiary/aromatic N) is 1. The highest BCUT2D eigenvalue weighted by atomic mass is 32.1. The van der Waals surface area contributed by atoms with Gasteiger partial charge in [0.15, 0.2) is 5.11 Å². The van der Waals surface area contributed by atoms with Crippen molar-refractivity contribution in [2.24, 2.45) is 0 Å². The highest BCUT2D eigenvalue weighted by Gasteiger charge is 2.18. The molecule has 9 heteroatoms. The van der Waals surface area contributed by atoms with Crippen molar-refractivity contribution in [2.75, 3.05) is 44.8 Å². The zero-order valence-electron chi connectivity index (χ0n) is 21.7. The average Bonchev–Trinajstić information content (AvgIpc) is 2.94. The van der Waals surface area contributed by atoms with Gasteiger partial charge in [-0.2, -0.15) is 0 Å². The van der Waals surface area contributed by atoms with E-state index in [0.717, 1.165) is 44.1 Å². The van der Waals surface area contributed by atoms with E-state index in [0.29, 0.717) is 30.1 Å². The Morgan fingerprint density at radius 3 is 2.42 bits per heavy atom. The second kappa shape index (κ2) is 15.4. The summed E-state index contributed by atoms with van der Waals surface area (Å²) in [6.07, 6.45) is 3.67. The van der Waals surface area contributed by atoms with Gasteiger partial charge in [0.1, 0.15) is 24.7 Å². The molecule has 1 fully saturated rings. The number of hydrogen-bond acceptors (Lipinski definition) is 6. The van der Waals surface area contributed by atoms with Gasteiger partial charge in [-0.15, -0.1) is 5.92 Å². The molecule has 1 aliphatic heterocycles. The number of morpholine rings is 1. The number of carbonyl (C=O) groups excluding carboxylic acids is 1. The van der Waals surface area contributed by atoms with Crippen LogP contribution in [0.1, 0.15) is 28.4 Å². The second-order valence-electron chi connectivity index (χ2n) is 8.38. The molecular weight excluding hydrogens is 500 g/mol. The van der Waals surface area contributed by atoms with E-state index >= 15 is 0 Å². The zero-order valence-corrected chi connectivity index (χ0v) is 22.5. The molecule has 0 bridgehead atoms. The quantitative estimate of drug-likeness (QED) is 0.174. The third-order valence-corrected chi connectivity index (χ3v) is 5.79. The Labute approximate surface area is 230 Å². The first kappa shape index (κ1) is 28.7. The van der Waals surface area contributed by atoms with Crippen LogP contribution in [0.4, 0.5) is 5.69 Å². The highest BCUT2D eigenvalue weighted by molar-refractivity contribution is 7.80. The molecule has 1 amide bonds. The number of benzene rings is 2. The van der Waals surface area contributed by atoms with Crippen molar-refractivity contribution in [3.8, 4) is 23.3 Å². The van der Waals surface area contributed by atoms with Gasteiger partial charge in [-0.05, 0) is 42.9 Å². The first-order valence-electron chi connectivity index (χ1n) is 12.3. The molecule has 2 aromatic carbocycles. The Hall–Kier alpha value is -3.84. The van der Waals surface area contributed by atoms with Gasteiger partial charge in [0.2, 0.25) is 0 Å². The molecule has 3 rings (SSSR count). The smallest absolute Gasteiger partial charge is 0.273 e. The van der Waals surface area contributed by atoms with Crippen LogP contribution in [-0.2, 0) is 17.7 Å². The monoisotopic (exact) mass is 534 g/mol. The molecule has 0 aliphatic carbocycles. The van der Waals surface area contributed by atoms with Crippen molar-refractivity contribution in [3.63, 3.8) is 0 Å². The summed E-state index contributed by atoms with van der Waals surface area (Å²) in [4.78, 5) is 15.5. The molecule has 2 aromatic rings. The van der Waals surface area contributed by atoms with Crippen LogP contribution in [0.5, 0.6) is 11.5 Å². The van der Waals surface area contributed by atoms with Gasteiger partial charge >= 0.3 is 0 Å². The molecule has 0 aromatic heterocycles. The van der Waals surface area contributed by atoms with Crippen LogP contribution in [0.3, 0.4) is 0 Å². The Morgan fingerprint density at radius 1 is 1.08 bits per heavy atom. The first-order chi connectivity index (χ1) is 18.5. The van der Waals surface area contributed by atoms with E-state index in [1.54, 1.807) is 31.2 Å². The number of rotatable bonds is 11. The van der Waals surface area contributed by atoms with Gasteiger partial charge in [0.25, 0.3) is 5.91 Å². The van der Waals surface area contributed by atoms with Gasteiger partial charge in [0.05, 0.1) is 18.8 Å². The normalized spacial score (nSPS) is 12.9. The summed E-state index contributed by atoms with van der Waals surface area (Å²) in [6, 6.07) is 11.4. The fraction of sp³-hybridized carbons (Fsp3) is 0.310. The van der Waals surface area contributed by atoms with E-state index in [9.17, 15) is 4.79 Å². The maximum Gasteiger partial charge on any atom is 0.273 e. The predicted octanol–water partition coefficient (Wildman–Crippen LogP) is 3.85. The van der Waals surface area contributed by atoms with E-state index in [2.05, 4.69) is 58.2 Å². The van der Waals surface area contributed by atoms with Crippen LogP contribution >= 0.6 is 12.2 Å². The van der Waals surface area contributed by atoms with Crippen molar-refractivity contribution >= 4 is 28.9 Å². The molecule has 200 valence electrons. The van der Waals surface area contributed by atoms with E-state index in [1.165, 1.54) is 5.56 Å². The Balaban J connectivity index is 1.63. The minimum absolute atomic E-state index is 0.226. The number of thiocarbonyl (C=S) groups is 1. The molecule has 3 N–H and O–H groups in total. The predicted molar refractivity (Wildman–Crippen MR) is 154 cm³/mol. The van der Waals surface area contributed by atoms with Crippen LogP contribution in [0.15, 0.2) is 61.7 Å². The summed E-state index contributed by atoms with van der Waals surface area (Å²) in [6.45, 7) is 14.0. The molecule has 0 unspecified atom stereocenters. The van der Waals surface area contributed by atoms with Gasteiger partial charge in [-0.3, -0.25) is 20.5 Å². The number of ether oxygens (including phenoxy) is 3. The first-order valence-corrected chi connectivity index (χ1v) is 12.7. The maximum absolute atomic E-state index is 13.1. The molecule has 0 radical (unpaired) electrons. The Kier molecular flexibility index (Phi) is 11.7. The van der Waals surface area contributed by atoms with Gasteiger partial charge in [-0.25, -0.2) is 0 Å². The van der Waals surface area contributed by atoms with Gasteiger partial charge in [0, 0.05) is 43.4 Å². The SMILES string of the molecule is C=CCOc1cc(OCC=C)c(C(=O)NNC(=S)Nc2ccc(CN3CCOCC3)cc2)cc1CC#CC. The van der Waals surface area contributed by atoms with Gasteiger partial charge in [-0.1, -0.05) is 43.4 Å². The number of anilines is 1. The summed E-state index contributed by atoms with van der Waals surface area (Å²) in [7, 11) is 0. The fourth-order valence-electron chi connectivity index (χ4n) is 3.71. The number of hydrogen-bond donors (Lipinski definition) is 3. The van der Waals surface area contributed by atoms with Crippen LogP contribution in [0.2, 0.25) is 0 Å². The standard InChI is InChI=1S/C29H34N4O4S/c1-4-7-8-23-19-25(27(37-16-6-3)20-26(23)36-15-5-2)28(34)31-32-29(38)30-24-11-9-22(10-12-24)21-33-13-17-35-18-14-33/h5-6,9-12,19-20H,2-3,8,13-18,21H2,1H3,(H,31,34)(H2,30,32,38). The van der Waals surface area contributed by atoms with E-state index in [1.807, 2.05) is 12.1 Å². The van der Waals surface area contributed by atoms with Crippen molar-refractivity contribution in [1.29, 1.82) is 0 Å². The van der Waals surface area contributed by atoms with E-state index in [-0.39, 0.29) is 11.7 Å². The minimum Gasteiger partial charge on any atom is -0.489 e. The fourth-order valence-corrected chi connectivity index (χ4v) is 3.88. The average molecular weight is 535 g/mol. The third kappa shape index (κ3) is 8.92. The van der Waals surface area contributed by atoms with E-state index < -0.39 is 5.91 Å². The molecule has 0 atom stereocenters. The van der Waals surface area contributed by atoms with Crippen LogP contribution in [-0.4, -0.2) is 55.4 Å². The lowest BCUT2D eigenvalue weighted by Crippen LogP contribution is -2.43. The van der Waals surface area contributed by atoms with Crippen molar-refractivity contribution in [3.05, 3.63) is 78.4 Å². The Morgan fingerprint density at radius 2 is 1.76 bits per heavy atom. The van der Waals surface area contributed by atoms with Crippen LogP contribution in [0.25, 0.3) is 0 Å². The molecule has 1 heterocycles. The van der Waals surface area contributed by atoms with Crippen molar-refractivity contribution < 1.29 is 19.0 Å². The second-order valence-corrected chi connectivity index (χ2v) is 8.79. The summed E-state index contributed by atoms with van der Waals surface area (Å²) in [5.74, 6) is 6.39. The van der Waals surface area contributed by atoms with Crippen LogP contribution < -0.4 is 25.6 Å². The summed E-state index contributed by atoms with van der Waals surface area (Å²) in [5.41, 5.74) is 8.48. The molecule has 0 spiro atoms. The summed E-state index contributed by atoms with van der Waals surface area (Å²) in [5, 5.41) is 3.33. The molecule has 8 nitrogen and oxygen atoms in total. The lowest BCUT2D eigenvalue weighted by Gasteiger charge is -2.26. The molecular formula is C29H34N4O4S. The molecule has 1 saturated heterocycles. The number of carbonyl (C=O) groups is 1. The lowest BCUT2D eigenvalue weighted by atomic mass is 10.0. The number of amides is 1. The van der Waals surface area contributed by atoms with Crippen molar-refractivity contribution in [1.82, 2.24) is 15.8 Å². The number of hydrazine groups is 1. The lowest BCUT2D eigenvalue weighted by molar-refractivity contribution is 0.0342. The topological polar surface area (TPSA) is 84.1 Å². The third-order valence-electron chi connectivity index (χ3n) is 5.59. The van der Waals surface area contributed by atoms with E-state index in [4.69, 9.17) is 26.4 Å². The Bertz CT molecular complexity index is 1180.